The van der Waals surface area contributed by atoms with E-state index in [9.17, 15) is 74.6 Å². The Morgan fingerprint density at radius 3 is 1.46 bits per heavy atom. The van der Waals surface area contributed by atoms with Crippen LogP contribution in [0.5, 0.6) is 5.75 Å². The molecule has 2 N–H and O–H groups in total. The lowest BCUT2D eigenvalue weighted by molar-refractivity contribution is -0.451. The second-order valence-corrected chi connectivity index (χ2v) is 6.89. The van der Waals surface area contributed by atoms with E-state index in [2.05, 4.69) is 4.74 Å². The van der Waals surface area contributed by atoms with E-state index >= 15 is 0 Å². The monoisotopic (exact) mass is 584 g/mol. The highest BCUT2D eigenvalue weighted by Crippen LogP contribution is 2.63. The quantitative estimate of drug-likeness (QED) is 0.243. The van der Waals surface area contributed by atoms with Gasteiger partial charge in [0.25, 0.3) is 0 Å². The van der Waals surface area contributed by atoms with Gasteiger partial charge in [0.1, 0.15) is 5.75 Å². The highest BCUT2D eigenvalue weighted by molar-refractivity contribution is 5.38. The van der Waals surface area contributed by atoms with E-state index in [0.29, 0.717) is 6.07 Å². The van der Waals surface area contributed by atoms with Gasteiger partial charge in [-0.15, -0.1) is 0 Å². The molecule has 37 heavy (non-hydrogen) atoms. The first-order valence-electron chi connectivity index (χ1n) is 8.70. The van der Waals surface area contributed by atoms with Crippen molar-refractivity contribution >= 4 is 0 Å². The molecular weight excluding hydrogens is 575 g/mol. The van der Waals surface area contributed by atoms with Crippen molar-refractivity contribution in [2.45, 2.75) is 54.9 Å². The Kier molecular flexibility index (Phi) is 8.49. The minimum Gasteiger partial charge on any atom is -0.429 e. The molecule has 3 nitrogen and oxygen atoms in total. The molecule has 0 saturated carbocycles. The van der Waals surface area contributed by atoms with Gasteiger partial charge in [-0.25, -0.2) is 0 Å². The smallest absolute Gasteiger partial charge is 0.429 e. The summed E-state index contributed by atoms with van der Waals surface area (Å²) in [5.74, 6) is -55.9. The zero-order valence-corrected chi connectivity index (χ0v) is 16.9. The largest absolute Gasteiger partial charge is 0.460 e. The average Bonchev–Trinajstić information content (AvgIpc) is 2.76. The van der Waals surface area contributed by atoms with Crippen molar-refractivity contribution < 1.29 is 89.6 Å². The molecule has 214 valence electrons. The van der Waals surface area contributed by atoms with Gasteiger partial charge in [-0.2, -0.15) is 74.6 Å². The van der Waals surface area contributed by atoms with E-state index in [1.807, 2.05) is 0 Å². The highest BCUT2D eigenvalue weighted by Gasteiger charge is 2.93. The van der Waals surface area contributed by atoms with Crippen LogP contribution in [-0.2, 0) is 13.2 Å². The number of rotatable bonds is 10. The van der Waals surface area contributed by atoms with Gasteiger partial charge in [0.15, 0.2) is 0 Å². The Balaban J connectivity index is 3.65. The molecule has 0 spiro atoms. The van der Waals surface area contributed by atoms with E-state index in [1.165, 1.54) is 0 Å². The molecule has 0 aliphatic carbocycles. The number of aliphatic hydroxyl groups is 2. The van der Waals surface area contributed by atoms with E-state index in [1.54, 1.807) is 0 Å². The first-order valence-corrected chi connectivity index (χ1v) is 8.70. The lowest BCUT2D eigenvalue weighted by Crippen LogP contribution is -2.72. The van der Waals surface area contributed by atoms with Crippen molar-refractivity contribution in [1.29, 1.82) is 0 Å². The molecule has 0 fully saturated rings. The molecule has 20 heteroatoms. The Bertz CT molecular complexity index is 1010. The van der Waals surface area contributed by atoms with Crippen molar-refractivity contribution in [1.82, 2.24) is 0 Å². The van der Waals surface area contributed by atoms with Crippen LogP contribution in [0.25, 0.3) is 0 Å². The molecule has 0 aliphatic rings. The Morgan fingerprint density at radius 2 is 1.05 bits per heavy atom. The van der Waals surface area contributed by atoms with Crippen LogP contribution in [0, 0.1) is 0 Å². The lowest BCUT2D eigenvalue weighted by atomic mass is 9.91. The third-order valence-corrected chi connectivity index (χ3v) is 4.46. The van der Waals surface area contributed by atoms with Crippen molar-refractivity contribution in [2.75, 3.05) is 0 Å². The number of alkyl halides is 15. The zero-order valence-electron chi connectivity index (χ0n) is 16.9. The van der Waals surface area contributed by atoms with Crippen LogP contribution in [0.1, 0.15) is 11.1 Å². The van der Waals surface area contributed by atoms with Gasteiger partial charge in [0.05, 0.1) is 13.2 Å². The first-order chi connectivity index (χ1) is 16.3. The van der Waals surface area contributed by atoms with Crippen molar-refractivity contribution in [2.24, 2.45) is 0 Å². The molecule has 1 aromatic rings. The number of aliphatic hydroxyl groups excluding tert-OH is 2. The third kappa shape index (κ3) is 4.88. The standard InChI is InChI=1S/C17H9F17O3/c18-9(10(19)37-8-3-6(4-35)1-2-7(8)5-36)11(20,21)12(22,23)13(24,25)14(26,27)15(28,29)16(30,31)17(32,33)34/h1-3,35-36H,4-5H2. The van der Waals surface area contributed by atoms with Gasteiger partial charge in [0, 0.05) is 5.56 Å². The number of allylic oxidation sites excluding steroid dienone is 1. The van der Waals surface area contributed by atoms with Crippen molar-refractivity contribution in [3.05, 3.63) is 41.2 Å². The van der Waals surface area contributed by atoms with Crippen LogP contribution in [0.2, 0.25) is 0 Å². The summed E-state index contributed by atoms with van der Waals surface area (Å²) in [5.41, 5.74) is -1.00. The molecule has 1 rings (SSSR count). The fourth-order valence-corrected chi connectivity index (χ4v) is 2.29. The van der Waals surface area contributed by atoms with Gasteiger partial charge in [-0.1, -0.05) is 12.1 Å². The topological polar surface area (TPSA) is 49.7 Å². The van der Waals surface area contributed by atoms with Gasteiger partial charge in [0.2, 0.25) is 5.83 Å². The Hall–Kier alpha value is -2.51. The van der Waals surface area contributed by atoms with Crippen molar-refractivity contribution in [3.8, 4) is 5.75 Å². The van der Waals surface area contributed by atoms with E-state index < -0.39 is 78.1 Å². The van der Waals surface area contributed by atoms with Crippen LogP contribution < -0.4 is 4.74 Å². The minimum atomic E-state index is -8.68. The number of ether oxygens (including phenoxy) is 1. The van der Waals surface area contributed by atoms with Gasteiger partial charge < -0.3 is 14.9 Å². The zero-order chi connectivity index (χ0) is 29.6. The normalized spacial score (nSPS) is 15.5. The predicted octanol–water partition coefficient (Wildman–Crippen LogP) is 6.53. The maximum absolute atomic E-state index is 13.8. The SMILES string of the molecule is OCc1ccc(CO)c(OC(F)=C(F)C(F)(F)C(F)(F)C(F)(F)C(F)(F)C(F)(F)C(F)(F)C(F)(F)F)c1. The summed E-state index contributed by atoms with van der Waals surface area (Å²) in [6.07, 6.45) is -7.81. The summed E-state index contributed by atoms with van der Waals surface area (Å²) in [4.78, 5) is 0. The summed E-state index contributed by atoms with van der Waals surface area (Å²) in [5, 5.41) is 17.9. The summed E-state index contributed by atoms with van der Waals surface area (Å²) >= 11 is 0. The van der Waals surface area contributed by atoms with Crippen LogP contribution in [0.4, 0.5) is 74.6 Å². The molecule has 0 amide bonds. The van der Waals surface area contributed by atoms with E-state index in [-0.39, 0.29) is 5.56 Å². The van der Waals surface area contributed by atoms with E-state index in [4.69, 9.17) is 10.2 Å². The molecule has 0 atom stereocenters. The second kappa shape index (κ2) is 9.66. The fraction of sp³-hybridized carbons (Fsp3) is 0.529. The molecule has 0 saturated heterocycles. The maximum atomic E-state index is 13.8. The van der Waals surface area contributed by atoms with Crippen LogP contribution >= 0.6 is 0 Å². The maximum Gasteiger partial charge on any atom is 0.460 e. The Morgan fingerprint density at radius 1 is 0.622 bits per heavy atom. The molecule has 0 unspecified atom stereocenters. The summed E-state index contributed by atoms with van der Waals surface area (Å²) < 4.78 is 228. The fourth-order valence-electron chi connectivity index (χ4n) is 2.29. The molecule has 0 aliphatic heterocycles. The number of halogens is 17. The highest BCUT2D eigenvalue weighted by atomic mass is 19.4. The van der Waals surface area contributed by atoms with Gasteiger partial charge >= 0.3 is 47.7 Å². The lowest BCUT2D eigenvalue weighted by Gasteiger charge is -2.41. The molecule has 1 aromatic carbocycles. The number of benzene rings is 1. The van der Waals surface area contributed by atoms with Crippen LogP contribution in [0.15, 0.2) is 30.0 Å². The predicted molar refractivity (Wildman–Crippen MR) is 83.9 cm³/mol. The molecule has 0 aromatic heterocycles. The molecular formula is C17H9F17O3. The van der Waals surface area contributed by atoms with Crippen LogP contribution in [-0.4, -0.2) is 51.9 Å². The first kappa shape index (κ1) is 32.5. The van der Waals surface area contributed by atoms with E-state index in [0.717, 1.165) is 12.1 Å². The second-order valence-electron chi connectivity index (χ2n) is 6.89. The molecule has 0 heterocycles. The third-order valence-electron chi connectivity index (χ3n) is 4.46. The summed E-state index contributed by atoms with van der Waals surface area (Å²) in [6.45, 7) is -2.14. The average molecular weight is 584 g/mol. The molecule has 0 bridgehead atoms. The summed E-state index contributed by atoms with van der Waals surface area (Å²) in [6, 6.07) is -1.55. The van der Waals surface area contributed by atoms with Crippen LogP contribution in [0.3, 0.4) is 0 Å². The summed E-state index contributed by atoms with van der Waals surface area (Å²) in [7, 11) is 0. The Labute approximate surface area is 192 Å². The van der Waals surface area contributed by atoms with Gasteiger partial charge in [-0.3, -0.25) is 0 Å². The van der Waals surface area contributed by atoms with Gasteiger partial charge in [-0.05, 0) is 11.6 Å². The molecule has 0 radical (unpaired) electrons. The van der Waals surface area contributed by atoms with Crippen molar-refractivity contribution in [3.63, 3.8) is 0 Å². The number of hydrogen-bond acceptors (Lipinski definition) is 3. The number of hydrogen-bond donors (Lipinski definition) is 2. The minimum absolute atomic E-state index is 0.323.